The molecule has 0 amide bonds. The first-order chi connectivity index (χ1) is 9.86. The van der Waals surface area contributed by atoms with E-state index < -0.39 is 0 Å². The molecule has 1 aliphatic carbocycles. The first-order valence-electron chi connectivity index (χ1n) is 7.95. The molecular weight excluding hydrogens is 244 g/mol. The highest BCUT2D eigenvalue weighted by molar-refractivity contribution is 5.78. The van der Waals surface area contributed by atoms with Crippen molar-refractivity contribution in [1.82, 2.24) is 10.3 Å². The maximum Gasteiger partial charge on any atom is 0.0705 e. The van der Waals surface area contributed by atoms with Gasteiger partial charge in [-0.05, 0) is 43.0 Å². The Hall–Kier alpha value is -1.41. The molecular formula is C18H24N2. The molecule has 1 saturated carbocycles. The van der Waals surface area contributed by atoms with Gasteiger partial charge in [0.25, 0.3) is 0 Å². The minimum atomic E-state index is 0.492. The van der Waals surface area contributed by atoms with E-state index in [1.165, 1.54) is 43.1 Å². The SMILES string of the molecule is CCCNC(CC1CCC1)c1ccc2cccnc2c1. The third kappa shape index (κ3) is 3.01. The van der Waals surface area contributed by atoms with E-state index in [2.05, 4.69) is 41.5 Å². The summed E-state index contributed by atoms with van der Waals surface area (Å²) in [4.78, 5) is 4.49. The summed E-state index contributed by atoms with van der Waals surface area (Å²) in [7, 11) is 0. The molecule has 2 nitrogen and oxygen atoms in total. The third-order valence-corrected chi connectivity index (χ3v) is 4.47. The predicted octanol–water partition coefficient (Wildman–Crippen LogP) is 4.47. The average molecular weight is 268 g/mol. The number of pyridine rings is 1. The molecule has 1 aliphatic rings. The smallest absolute Gasteiger partial charge is 0.0705 e. The van der Waals surface area contributed by atoms with Crippen LogP contribution in [0.3, 0.4) is 0 Å². The molecule has 1 aromatic carbocycles. The second-order valence-electron chi connectivity index (χ2n) is 5.99. The van der Waals surface area contributed by atoms with Gasteiger partial charge in [-0.25, -0.2) is 0 Å². The number of nitrogens with zero attached hydrogens (tertiary/aromatic N) is 1. The Balaban J connectivity index is 1.82. The van der Waals surface area contributed by atoms with Crippen molar-refractivity contribution in [3.8, 4) is 0 Å². The van der Waals surface area contributed by atoms with Crippen molar-refractivity contribution >= 4 is 10.9 Å². The lowest BCUT2D eigenvalue weighted by Crippen LogP contribution is -2.26. The van der Waals surface area contributed by atoms with Crippen molar-refractivity contribution in [2.75, 3.05) is 6.54 Å². The van der Waals surface area contributed by atoms with E-state index in [0.29, 0.717) is 6.04 Å². The summed E-state index contributed by atoms with van der Waals surface area (Å²) >= 11 is 0. The maximum atomic E-state index is 4.49. The van der Waals surface area contributed by atoms with E-state index in [1.54, 1.807) is 0 Å². The van der Waals surface area contributed by atoms with Crippen molar-refractivity contribution < 1.29 is 0 Å². The van der Waals surface area contributed by atoms with Gasteiger partial charge < -0.3 is 5.32 Å². The second-order valence-corrected chi connectivity index (χ2v) is 5.99. The zero-order valence-electron chi connectivity index (χ0n) is 12.3. The fourth-order valence-corrected chi connectivity index (χ4v) is 3.02. The topological polar surface area (TPSA) is 24.9 Å². The molecule has 2 heteroatoms. The molecule has 0 bridgehead atoms. The van der Waals surface area contributed by atoms with Gasteiger partial charge in [-0.3, -0.25) is 4.98 Å². The lowest BCUT2D eigenvalue weighted by molar-refractivity contribution is 0.261. The van der Waals surface area contributed by atoms with Crippen LogP contribution in [0.1, 0.15) is 50.6 Å². The molecule has 1 atom stereocenters. The summed E-state index contributed by atoms with van der Waals surface area (Å²) in [6.07, 6.45) is 8.59. The van der Waals surface area contributed by atoms with Gasteiger partial charge in [-0.2, -0.15) is 0 Å². The van der Waals surface area contributed by atoms with Crippen LogP contribution >= 0.6 is 0 Å². The molecule has 0 aliphatic heterocycles. The predicted molar refractivity (Wildman–Crippen MR) is 84.7 cm³/mol. The first-order valence-corrected chi connectivity index (χ1v) is 7.95. The molecule has 1 unspecified atom stereocenters. The minimum Gasteiger partial charge on any atom is -0.310 e. The van der Waals surface area contributed by atoms with Crippen molar-refractivity contribution in [1.29, 1.82) is 0 Å². The summed E-state index contributed by atoms with van der Waals surface area (Å²) in [6.45, 7) is 3.33. The standard InChI is InChI=1S/C18H24N2/c1-2-10-19-17(12-14-5-3-6-14)16-9-8-15-7-4-11-20-18(15)13-16/h4,7-9,11,13-14,17,19H,2-3,5-6,10,12H2,1H3. The van der Waals surface area contributed by atoms with E-state index in [-0.39, 0.29) is 0 Å². The van der Waals surface area contributed by atoms with E-state index in [0.717, 1.165) is 18.0 Å². The van der Waals surface area contributed by atoms with Crippen LogP contribution in [0.4, 0.5) is 0 Å². The van der Waals surface area contributed by atoms with Crippen molar-refractivity contribution in [3.63, 3.8) is 0 Å². The van der Waals surface area contributed by atoms with Gasteiger partial charge in [0.05, 0.1) is 5.52 Å². The van der Waals surface area contributed by atoms with Crippen LogP contribution in [0.2, 0.25) is 0 Å². The van der Waals surface area contributed by atoms with Crippen LogP contribution in [-0.4, -0.2) is 11.5 Å². The van der Waals surface area contributed by atoms with Gasteiger partial charge in [-0.1, -0.05) is 44.4 Å². The van der Waals surface area contributed by atoms with Crippen molar-refractivity contribution in [2.24, 2.45) is 5.92 Å². The number of aromatic nitrogens is 1. The Morgan fingerprint density at radius 1 is 1.30 bits per heavy atom. The van der Waals surface area contributed by atoms with Gasteiger partial charge in [0.1, 0.15) is 0 Å². The number of fused-ring (bicyclic) bond motifs is 1. The minimum absolute atomic E-state index is 0.492. The zero-order valence-corrected chi connectivity index (χ0v) is 12.3. The van der Waals surface area contributed by atoms with Crippen LogP contribution in [0.15, 0.2) is 36.5 Å². The van der Waals surface area contributed by atoms with Gasteiger partial charge in [0, 0.05) is 17.6 Å². The monoisotopic (exact) mass is 268 g/mol. The van der Waals surface area contributed by atoms with Crippen LogP contribution in [-0.2, 0) is 0 Å². The summed E-state index contributed by atoms with van der Waals surface area (Å²) < 4.78 is 0. The summed E-state index contributed by atoms with van der Waals surface area (Å²) in [5.74, 6) is 0.920. The Morgan fingerprint density at radius 2 is 2.20 bits per heavy atom. The fourth-order valence-electron chi connectivity index (χ4n) is 3.02. The molecule has 1 N–H and O–H groups in total. The highest BCUT2D eigenvalue weighted by atomic mass is 14.9. The maximum absolute atomic E-state index is 4.49. The zero-order chi connectivity index (χ0) is 13.8. The lowest BCUT2D eigenvalue weighted by atomic mass is 9.79. The molecule has 0 saturated heterocycles. The molecule has 20 heavy (non-hydrogen) atoms. The third-order valence-electron chi connectivity index (χ3n) is 4.47. The Bertz CT molecular complexity index is 560. The lowest BCUT2D eigenvalue weighted by Gasteiger charge is -2.30. The highest BCUT2D eigenvalue weighted by Crippen LogP contribution is 2.35. The van der Waals surface area contributed by atoms with Crippen molar-refractivity contribution in [2.45, 2.75) is 45.1 Å². The van der Waals surface area contributed by atoms with Crippen LogP contribution in [0.5, 0.6) is 0 Å². The van der Waals surface area contributed by atoms with E-state index >= 15 is 0 Å². The Kier molecular flexibility index (Phi) is 4.31. The summed E-state index contributed by atoms with van der Waals surface area (Å²) in [6, 6.07) is 11.4. The van der Waals surface area contributed by atoms with Gasteiger partial charge in [0.2, 0.25) is 0 Å². The molecule has 2 aromatic rings. The number of nitrogens with one attached hydrogen (secondary N) is 1. The molecule has 1 aromatic heterocycles. The van der Waals surface area contributed by atoms with Crippen molar-refractivity contribution in [3.05, 3.63) is 42.1 Å². The molecule has 3 rings (SSSR count). The Labute approximate surface area is 121 Å². The van der Waals surface area contributed by atoms with Crippen LogP contribution in [0.25, 0.3) is 10.9 Å². The fraction of sp³-hybridized carbons (Fsp3) is 0.500. The van der Waals surface area contributed by atoms with E-state index in [9.17, 15) is 0 Å². The quantitative estimate of drug-likeness (QED) is 0.836. The molecule has 0 spiro atoms. The van der Waals surface area contributed by atoms with Crippen LogP contribution < -0.4 is 5.32 Å². The number of benzene rings is 1. The normalized spacial score (nSPS) is 17.1. The number of hydrogen-bond donors (Lipinski definition) is 1. The van der Waals surface area contributed by atoms with E-state index in [4.69, 9.17) is 0 Å². The summed E-state index contributed by atoms with van der Waals surface area (Å²) in [5, 5.41) is 4.95. The number of hydrogen-bond acceptors (Lipinski definition) is 2. The largest absolute Gasteiger partial charge is 0.310 e. The van der Waals surface area contributed by atoms with Gasteiger partial charge in [-0.15, -0.1) is 0 Å². The average Bonchev–Trinajstić information content (AvgIpc) is 2.45. The molecule has 106 valence electrons. The number of rotatable bonds is 6. The van der Waals surface area contributed by atoms with Gasteiger partial charge >= 0.3 is 0 Å². The summed E-state index contributed by atoms with van der Waals surface area (Å²) in [5.41, 5.74) is 2.51. The molecule has 1 fully saturated rings. The second kappa shape index (κ2) is 6.36. The van der Waals surface area contributed by atoms with E-state index in [1.807, 2.05) is 12.3 Å². The Morgan fingerprint density at radius 3 is 2.95 bits per heavy atom. The molecule has 1 heterocycles. The highest BCUT2D eigenvalue weighted by Gasteiger charge is 2.22. The molecule has 0 radical (unpaired) electrons. The van der Waals surface area contributed by atoms with Gasteiger partial charge in [0.15, 0.2) is 0 Å². The van der Waals surface area contributed by atoms with Crippen LogP contribution in [0, 0.1) is 5.92 Å². The first kappa shape index (κ1) is 13.6.